The predicted octanol–water partition coefficient (Wildman–Crippen LogP) is 2.84. The third kappa shape index (κ3) is 5.38. The predicted molar refractivity (Wildman–Crippen MR) is 133 cm³/mol. The highest BCUT2D eigenvalue weighted by Crippen LogP contribution is 2.39. The molecule has 10 heteroatoms. The van der Waals surface area contributed by atoms with E-state index in [2.05, 4.69) is 20.4 Å². The lowest BCUT2D eigenvalue weighted by Crippen LogP contribution is -2.51. The van der Waals surface area contributed by atoms with Crippen LogP contribution in [-0.2, 0) is 9.53 Å². The van der Waals surface area contributed by atoms with Crippen LogP contribution in [0.5, 0.6) is 11.5 Å². The standard InChI is InChI=1S/C26H31FN4O5/c1-4-36-25(32)22-20(16-30-12-14-31(15-13-30)18-10-8-17(27)9-11-18)28-26(33)29-23(22)19-6-5-7-21(34-2)24(19)35-3/h5-11,23H,4,12-16H2,1-3H3,(H2,28,29,33)/t23-/m0/s1. The SMILES string of the molecule is CCOC(=O)C1=C(CN2CCN(c3ccc(F)cc3)CC2)NC(=O)N[C@H]1c1cccc(OC)c1OC. The molecule has 0 aliphatic carbocycles. The quantitative estimate of drug-likeness (QED) is 0.541. The van der Waals surface area contributed by atoms with Crippen molar-refractivity contribution in [2.24, 2.45) is 0 Å². The zero-order valence-electron chi connectivity index (χ0n) is 20.7. The number of urea groups is 1. The summed E-state index contributed by atoms with van der Waals surface area (Å²) in [7, 11) is 3.04. The number of hydrogen-bond acceptors (Lipinski definition) is 7. The molecule has 2 aliphatic rings. The molecule has 2 amide bonds. The molecule has 0 bridgehead atoms. The number of methoxy groups -OCH3 is 2. The van der Waals surface area contributed by atoms with Crippen LogP contribution in [0.15, 0.2) is 53.7 Å². The van der Waals surface area contributed by atoms with Crippen LogP contribution in [0.4, 0.5) is 14.9 Å². The van der Waals surface area contributed by atoms with E-state index in [1.54, 1.807) is 37.3 Å². The van der Waals surface area contributed by atoms with E-state index in [1.807, 2.05) is 0 Å². The van der Waals surface area contributed by atoms with Crippen molar-refractivity contribution < 1.29 is 28.2 Å². The molecule has 4 rings (SSSR count). The minimum absolute atomic E-state index is 0.196. The van der Waals surface area contributed by atoms with Gasteiger partial charge in [-0.05, 0) is 37.3 Å². The van der Waals surface area contributed by atoms with Crippen molar-refractivity contribution in [1.82, 2.24) is 15.5 Å². The summed E-state index contributed by atoms with van der Waals surface area (Å²) in [6.45, 7) is 5.16. The Hall–Kier alpha value is -3.79. The average Bonchev–Trinajstić information content (AvgIpc) is 2.88. The van der Waals surface area contributed by atoms with Gasteiger partial charge >= 0.3 is 12.0 Å². The molecule has 192 valence electrons. The van der Waals surface area contributed by atoms with Crippen LogP contribution in [0.25, 0.3) is 0 Å². The summed E-state index contributed by atoms with van der Waals surface area (Å²) in [6.07, 6.45) is 0. The van der Waals surface area contributed by atoms with Gasteiger partial charge in [0.15, 0.2) is 11.5 Å². The molecule has 1 fully saturated rings. The molecule has 0 saturated carbocycles. The highest BCUT2D eigenvalue weighted by Gasteiger charge is 2.36. The van der Waals surface area contributed by atoms with E-state index in [9.17, 15) is 14.0 Å². The van der Waals surface area contributed by atoms with Crippen molar-refractivity contribution in [2.45, 2.75) is 13.0 Å². The van der Waals surface area contributed by atoms with Gasteiger partial charge in [0.1, 0.15) is 5.82 Å². The Labute approximate surface area is 209 Å². The number of para-hydroxylation sites is 1. The first-order valence-electron chi connectivity index (χ1n) is 11.9. The molecular weight excluding hydrogens is 467 g/mol. The van der Waals surface area contributed by atoms with Gasteiger partial charge in [0.2, 0.25) is 0 Å². The number of carbonyl (C=O) groups excluding carboxylic acids is 2. The minimum Gasteiger partial charge on any atom is -0.493 e. The second kappa shape index (κ2) is 11.3. The zero-order chi connectivity index (χ0) is 25.7. The van der Waals surface area contributed by atoms with Crippen molar-refractivity contribution in [3.63, 3.8) is 0 Å². The summed E-state index contributed by atoms with van der Waals surface area (Å²) < 4.78 is 29.7. The molecule has 1 atom stereocenters. The van der Waals surface area contributed by atoms with Gasteiger partial charge < -0.3 is 29.7 Å². The highest BCUT2D eigenvalue weighted by molar-refractivity contribution is 5.95. The lowest BCUT2D eigenvalue weighted by molar-refractivity contribution is -0.139. The fourth-order valence-electron chi connectivity index (χ4n) is 4.60. The number of rotatable bonds is 8. The summed E-state index contributed by atoms with van der Waals surface area (Å²) in [6, 6.07) is 10.6. The van der Waals surface area contributed by atoms with E-state index >= 15 is 0 Å². The summed E-state index contributed by atoms with van der Waals surface area (Å²) in [5, 5.41) is 5.67. The van der Waals surface area contributed by atoms with Crippen LogP contribution in [0.2, 0.25) is 0 Å². The van der Waals surface area contributed by atoms with Crippen molar-refractivity contribution in [3.05, 3.63) is 65.1 Å². The number of piperazine rings is 1. The van der Waals surface area contributed by atoms with Crippen molar-refractivity contribution in [3.8, 4) is 11.5 Å². The van der Waals surface area contributed by atoms with Crippen LogP contribution < -0.4 is 25.0 Å². The molecule has 2 N–H and O–H groups in total. The van der Waals surface area contributed by atoms with E-state index in [4.69, 9.17) is 14.2 Å². The Balaban J connectivity index is 1.61. The molecule has 1 saturated heterocycles. The molecule has 36 heavy (non-hydrogen) atoms. The van der Waals surface area contributed by atoms with Crippen LogP contribution >= 0.6 is 0 Å². The molecule has 0 aromatic heterocycles. The van der Waals surface area contributed by atoms with E-state index < -0.39 is 18.0 Å². The van der Waals surface area contributed by atoms with Gasteiger partial charge in [-0.1, -0.05) is 12.1 Å². The number of esters is 1. The number of ether oxygens (including phenoxy) is 3. The van der Waals surface area contributed by atoms with Gasteiger partial charge in [-0.3, -0.25) is 4.90 Å². The summed E-state index contributed by atoms with van der Waals surface area (Å²) in [5.74, 6) is 0.144. The molecule has 9 nitrogen and oxygen atoms in total. The fraction of sp³-hybridized carbons (Fsp3) is 0.385. The van der Waals surface area contributed by atoms with Crippen molar-refractivity contribution in [1.29, 1.82) is 0 Å². The van der Waals surface area contributed by atoms with Crippen LogP contribution in [0.1, 0.15) is 18.5 Å². The third-order valence-corrected chi connectivity index (χ3v) is 6.34. The summed E-state index contributed by atoms with van der Waals surface area (Å²) in [4.78, 5) is 30.2. The second-order valence-electron chi connectivity index (χ2n) is 8.47. The summed E-state index contributed by atoms with van der Waals surface area (Å²) in [5.41, 5.74) is 2.36. The number of carbonyl (C=O) groups is 2. The molecule has 0 spiro atoms. The number of nitrogens with one attached hydrogen (secondary N) is 2. The van der Waals surface area contributed by atoms with E-state index in [-0.39, 0.29) is 12.4 Å². The smallest absolute Gasteiger partial charge is 0.338 e. The summed E-state index contributed by atoms with van der Waals surface area (Å²) >= 11 is 0. The maximum absolute atomic E-state index is 13.3. The maximum atomic E-state index is 13.3. The first-order chi connectivity index (χ1) is 17.4. The van der Waals surface area contributed by atoms with Crippen LogP contribution in [0.3, 0.4) is 0 Å². The number of hydrogen-bond donors (Lipinski definition) is 2. The molecule has 2 aromatic rings. The van der Waals surface area contributed by atoms with Gasteiger partial charge in [-0.2, -0.15) is 0 Å². The maximum Gasteiger partial charge on any atom is 0.338 e. The Morgan fingerprint density at radius 3 is 2.42 bits per heavy atom. The lowest BCUT2D eigenvalue weighted by atomic mass is 9.93. The monoisotopic (exact) mass is 498 g/mol. The fourth-order valence-corrected chi connectivity index (χ4v) is 4.60. The van der Waals surface area contributed by atoms with Crippen molar-refractivity contribution >= 4 is 17.7 Å². The van der Waals surface area contributed by atoms with E-state index in [0.29, 0.717) is 48.0 Å². The number of amides is 2. The topological polar surface area (TPSA) is 92.4 Å². The van der Waals surface area contributed by atoms with E-state index in [1.165, 1.54) is 26.4 Å². The van der Waals surface area contributed by atoms with Crippen LogP contribution in [-0.4, -0.2) is 70.5 Å². The normalized spacial score (nSPS) is 18.4. The second-order valence-corrected chi connectivity index (χ2v) is 8.47. The van der Waals surface area contributed by atoms with Gasteiger partial charge in [0.25, 0.3) is 0 Å². The lowest BCUT2D eigenvalue weighted by Gasteiger charge is -2.38. The Kier molecular flexibility index (Phi) is 7.94. The molecular formula is C26H31FN4O5. The first-order valence-corrected chi connectivity index (χ1v) is 11.9. The van der Waals surface area contributed by atoms with Crippen molar-refractivity contribution in [2.75, 3.05) is 58.5 Å². The van der Waals surface area contributed by atoms with Crippen LogP contribution in [0, 0.1) is 5.82 Å². The zero-order valence-corrected chi connectivity index (χ0v) is 20.7. The average molecular weight is 499 g/mol. The van der Waals surface area contributed by atoms with Gasteiger partial charge in [-0.25, -0.2) is 14.0 Å². The molecule has 2 heterocycles. The first kappa shape index (κ1) is 25.3. The minimum atomic E-state index is -0.779. The third-order valence-electron chi connectivity index (χ3n) is 6.34. The highest BCUT2D eigenvalue weighted by atomic mass is 19.1. The van der Waals surface area contributed by atoms with Gasteiger partial charge in [0, 0.05) is 49.7 Å². The van der Waals surface area contributed by atoms with Gasteiger partial charge in [0.05, 0.1) is 32.4 Å². The number of halogens is 1. The van der Waals surface area contributed by atoms with E-state index in [0.717, 1.165) is 18.8 Å². The Morgan fingerprint density at radius 1 is 1.06 bits per heavy atom. The molecule has 0 unspecified atom stereocenters. The Bertz CT molecular complexity index is 1130. The molecule has 2 aromatic carbocycles. The molecule has 0 radical (unpaired) electrons. The number of anilines is 1. The Morgan fingerprint density at radius 2 is 1.78 bits per heavy atom. The number of nitrogens with zero attached hydrogens (tertiary/aromatic N) is 2. The number of benzene rings is 2. The molecule has 2 aliphatic heterocycles. The van der Waals surface area contributed by atoms with Gasteiger partial charge in [-0.15, -0.1) is 0 Å². The largest absolute Gasteiger partial charge is 0.493 e.